The number of aromatic nitrogens is 2. The van der Waals surface area contributed by atoms with Crippen molar-refractivity contribution in [3.8, 4) is 11.4 Å². The highest BCUT2D eigenvalue weighted by Gasteiger charge is 2.21. The highest BCUT2D eigenvalue weighted by molar-refractivity contribution is 5.55. The van der Waals surface area contributed by atoms with E-state index in [0.717, 1.165) is 17.0 Å². The van der Waals surface area contributed by atoms with Crippen LogP contribution in [0, 0.1) is 0 Å². The summed E-state index contributed by atoms with van der Waals surface area (Å²) in [6.45, 7) is 0.573. The SMILES string of the molecule is NCc1ccc(-c2nccc(C3CCC3)n2)cc1. The summed E-state index contributed by atoms with van der Waals surface area (Å²) in [4.78, 5) is 9.04. The van der Waals surface area contributed by atoms with E-state index >= 15 is 0 Å². The molecule has 18 heavy (non-hydrogen) atoms. The third-order valence-corrected chi connectivity index (χ3v) is 3.65. The van der Waals surface area contributed by atoms with Gasteiger partial charge in [0, 0.05) is 29.9 Å². The van der Waals surface area contributed by atoms with Gasteiger partial charge in [0.05, 0.1) is 0 Å². The van der Waals surface area contributed by atoms with Crippen LogP contribution in [0.15, 0.2) is 36.5 Å². The van der Waals surface area contributed by atoms with E-state index in [1.165, 1.54) is 25.0 Å². The number of nitrogens with two attached hydrogens (primary N) is 1. The van der Waals surface area contributed by atoms with Gasteiger partial charge in [0.2, 0.25) is 0 Å². The predicted octanol–water partition coefficient (Wildman–Crippen LogP) is 2.87. The fourth-order valence-corrected chi connectivity index (χ4v) is 2.23. The van der Waals surface area contributed by atoms with Gasteiger partial charge in [0.15, 0.2) is 5.82 Å². The quantitative estimate of drug-likeness (QED) is 0.896. The van der Waals surface area contributed by atoms with Gasteiger partial charge in [-0.25, -0.2) is 9.97 Å². The van der Waals surface area contributed by atoms with Gasteiger partial charge in [-0.15, -0.1) is 0 Å². The summed E-state index contributed by atoms with van der Waals surface area (Å²) in [5.41, 5.74) is 8.98. The molecule has 1 aliphatic carbocycles. The summed E-state index contributed by atoms with van der Waals surface area (Å²) in [5.74, 6) is 1.47. The smallest absolute Gasteiger partial charge is 0.159 e. The molecule has 92 valence electrons. The third-order valence-electron chi connectivity index (χ3n) is 3.65. The first-order chi connectivity index (χ1) is 8.86. The molecule has 3 nitrogen and oxygen atoms in total. The third kappa shape index (κ3) is 2.14. The molecule has 0 spiro atoms. The summed E-state index contributed by atoms with van der Waals surface area (Å²) in [6.07, 6.45) is 5.73. The Morgan fingerprint density at radius 1 is 1.11 bits per heavy atom. The van der Waals surface area contributed by atoms with Crippen molar-refractivity contribution in [2.75, 3.05) is 0 Å². The minimum atomic E-state index is 0.573. The van der Waals surface area contributed by atoms with Crippen LogP contribution in [0.3, 0.4) is 0 Å². The summed E-state index contributed by atoms with van der Waals surface area (Å²) in [5, 5.41) is 0. The molecule has 0 radical (unpaired) electrons. The van der Waals surface area contributed by atoms with Crippen molar-refractivity contribution < 1.29 is 0 Å². The molecule has 1 saturated carbocycles. The second-order valence-corrected chi connectivity index (χ2v) is 4.83. The summed E-state index contributed by atoms with van der Waals surface area (Å²) >= 11 is 0. The molecule has 0 amide bonds. The standard InChI is InChI=1S/C15H17N3/c16-10-11-4-6-13(7-5-11)15-17-9-8-14(18-15)12-2-1-3-12/h4-9,12H,1-3,10,16H2. The lowest BCUT2D eigenvalue weighted by molar-refractivity contribution is 0.411. The van der Waals surface area contributed by atoms with E-state index < -0.39 is 0 Å². The van der Waals surface area contributed by atoms with Crippen molar-refractivity contribution in [1.29, 1.82) is 0 Å². The highest BCUT2D eigenvalue weighted by Crippen LogP contribution is 2.35. The molecule has 1 heterocycles. The number of rotatable bonds is 3. The molecular weight excluding hydrogens is 222 g/mol. The van der Waals surface area contributed by atoms with Crippen LogP contribution in [0.1, 0.15) is 36.4 Å². The first-order valence-electron chi connectivity index (χ1n) is 6.49. The van der Waals surface area contributed by atoms with E-state index in [-0.39, 0.29) is 0 Å². The van der Waals surface area contributed by atoms with Gasteiger partial charge in [-0.1, -0.05) is 30.7 Å². The van der Waals surface area contributed by atoms with Crippen molar-refractivity contribution >= 4 is 0 Å². The molecule has 2 N–H and O–H groups in total. The van der Waals surface area contributed by atoms with Gasteiger partial charge >= 0.3 is 0 Å². The van der Waals surface area contributed by atoms with Crippen molar-refractivity contribution in [2.45, 2.75) is 31.7 Å². The Bertz CT molecular complexity index is 530. The van der Waals surface area contributed by atoms with Crippen LogP contribution in [-0.4, -0.2) is 9.97 Å². The molecule has 2 aromatic rings. The monoisotopic (exact) mass is 239 g/mol. The minimum Gasteiger partial charge on any atom is -0.326 e. The molecule has 0 atom stereocenters. The van der Waals surface area contributed by atoms with Gasteiger partial charge < -0.3 is 5.73 Å². The van der Waals surface area contributed by atoms with Crippen LogP contribution >= 0.6 is 0 Å². The first kappa shape index (κ1) is 11.4. The van der Waals surface area contributed by atoms with Crippen molar-refractivity contribution in [3.63, 3.8) is 0 Å². The molecule has 0 aliphatic heterocycles. The maximum Gasteiger partial charge on any atom is 0.159 e. The fraction of sp³-hybridized carbons (Fsp3) is 0.333. The summed E-state index contributed by atoms with van der Waals surface area (Å²) < 4.78 is 0. The number of hydrogen-bond donors (Lipinski definition) is 1. The summed E-state index contributed by atoms with van der Waals surface area (Å²) in [7, 11) is 0. The maximum absolute atomic E-state index is 5.60. The number of benzene rings is 1. The van der Waals surface area contributed by atoms with Crippen LogP contribution in [0.25, 0.3) is 11.4 Å². The summed E-state index contributed by atoms with van der Waals surface area (Å²) in [6, 6.07) is 10.2. The van der Waals surface area contributed by atoms with Gasteiger partial charge in [-0.3, -0.25) is 0 Å². The lowest BCUT2D eigenvalue weighted by Gasteiger charge is -2.24. The number of nitrogens with zero attached hydrogens (tertiary/aromatic N) is 2. The van der Waals surface area contributed by atoms with Crippen molar-refractivity contribution in [1.82, 2.24) is 9.97 Å². The molecule has 0 unspecified atom stereocenters. The fourth-order valence-electron chi connectivity index (χ4n) is 2.23. The Morgan fingerprint density at radius 3 is 2.50 bits per heavy atom. The molecule has 1 aromatic heterocycles. The van der Waals surface area contributed by atoms with Crippen molar-refractivity contribution in [3.05, 3.63) is 47.8 Å². The van der Waals surface area contributed by atoms with Gasteiger partial charge in [0.25, 0.3) is 0 Å². The predicted molar refractivity (Wildman–Crippen MR) is 72.0 cm³/mol. The number of hydrogen-bond acceptors (Lipinski definition) is 3. The van der Waals surface area contributed by atoms with Gasteiger partial charge in [0.1, 0.15) is 0 Å². The molecular formula is C15H17N3. The molecule has 1 aromatic carbocycles. The van der Waals surface area contributed by atoms with Gasteiger partial charge in [-0.05, 0) is 24.5 Å². The topological polar surface area (TPSA) is 51.8 Å². The molecule has 1 aliphatic rings. The van der Waals surface area contributed by atoms with Gasteiger partial charge in [-0.2, -0.15) is 0 Å². The van der Waals surface area contributed by atoms with E-state index in [4.69, 9.17) is 5.73 Å². The lowest BCUT2D eigenvalue weighted by atomic mass is 9.83. The Balaban J connectivity index is 1.90. The van der Waals surface area contributed by atoms with Crippen LogP contribution in [0.4, 0.5) is 0 Å². The molecule has 3 rings (SSSR count). The van der Waals surface area contributed by atoms with E-state index in [9.17, 15) is 0 Å². The molecule has 3 heteroatoms. The molecule has 0 saturated heterocycles. The molecule has 1 fully saturated rings. The zero-order chi connectivity index (χ0) is 12.4. The first-order valence-corrected chi connectivity index (χ1v) is 6.49. The Kier molecular flexibility index (Phi) is 3.07. The van der Waals surface area contributed by atoms with E-state index in [0.29, 0.717) is 12.5 Å². The lowest BCUT2D eigenvalue weighted by Crippen LogP contribution is -2.11. The zero-order valence-corrected chi connectivity index (χ0v) is 10.3. The Hall–Kier alpha value is -1.74. The van der Waals surface area contributed by atoms with E-state index in [2.05, 4.69) is 9.97 Å². The Labute approximate surface area is 107 Å². The van der Waals surface area contributed by atoms with Crippen LogP contribution in [-0.2, 0) is 6.54 Å². The normalized spacial score (nSPS) is 15.4. The van der Waals surface area contributed by atoms with Crippen LogP contribution in [0.5, 0.6) is 0 Å². The van der Waals surface area contributed by atoms with E-state index in [1.54, 1.807) is 0 Å². The zero-order valence-electron chi connectivity index (χ0n) is 10.3. The average molecular weight is 239 g/mol. The highest BCUT2D eigenvalue weighted by atomic mass is 14.9. The second-order valence-electron chi connectivity index (χ2n) is 4.83. The second kappa shape index (κ2) is 4.86. The minimum absolute atomic E-state index is 0.573. The van der Waals surface area contributed by atoms with Crippen LogP contribution < -0.4 is 5.73 Å². The Morgan fingerprint density at radius 2 is 1.89 bits per heavy atom. The average Bonchev–Trinajstić information content (AvgIpc) is 2.37. The molecule has 0 bridgehead atoms. The maximum atomic E-state index is 5.60. The van der Waals surface area contributed by atoms with Crippen LogP contribution in [0.2, 0.25) is 0 Å². The largest absolute Gasteiger partial charge is 0.326 e. The van der Waals surface area contributed by atoms with E-state index in [1.807, 2.05) is 36.5 Å². The van der Waals surface area contributed by atoms with Crippen molar-refractivity contribution in [2.24, 2.45) is 5.73 Å².